The molecule has 27 heavy (non-hydrogen) atoms. The fraction of sp³-hybridized carbons (Fsp3) is 0.350. The molecule has 0 radical (unpaired) electrons. The number of rotatable bonds is 7. The minimum absolute atomic E-state index is 0.0269. The maximum atomic E-state index is 13.1. The van der Waals surface area contributed by atoms with Crippen molar-refractivity contribution in [2.45, 2.75) is 11.4 Å². The van der Waals surface area contributed by atoms with Crippen LogP contribution in [0.1, 0.15) is 5.56 Å². The number of pyridine rings is 1. The third-order valence-corrected chi connectivity index (χ3v) is 5.42. The van der Waals surface area contributed by atoms with Gasteiger partial charge in [-0.1, -0.05) is 18.2 Å². The van der Waals surface area contributed by atoms with Crippen LogP contribution >= 0.6 is 11.8 Å². The molecule has 0 N–H and O–H groups in total. The van der Waals surface area contributed by atoms with Crippen molar-refractivity contribution in [2.24, 2.45) is 0 Å². The molecular formula is C20H24N4O2S. The summed E-state index contributed by atoms with van der Waals surface area (Å²) in [5, 5.41) is 0. The van der Waals surface area contributed by atoms with Gasteiger partial charge in [-0.2, -0.15) is 0 Å². The smallest absolute Gasteiger partial charge is 0.242 e. The second-order valence-electron chi connectivity index (χ2n) is 6.72. The van der Waals surface area contributed by atoms with Crippen molar-refractivity contribution in [2.75, 3.05) is 44.4 Å². The number of fused-ring (bicyclic) bond motifs is 1. The SMILES string of the molecule is CN(C)CCN(Cc1cccnc1)C(=O)CN1C(=O)CSc2ccccc21. The Morgan fingerprint density at radius 1 is 1.19 bits per heavy atom. The second kappa shape index (κ2) is 9.01. The number of carbonyl (C=O) groups excluding carboxylic acids is 2. The van der Waals surface area contributed by atoms with Crippen LogP contribution in [0.15, 0.2) is 53.7 Å². The van der Waals surface area contributed by atoms with E-state index in [1.54, 1.807) is 22.2 Å². The molecule has 0 spiro atoms. The van der Waals surface area contributed by atoms with Gasteiger partial charge in [-0.3, -0.25) is 14.6 Å². The van der Waals surface area contributed by atoms with Gasteiger partial charge in [-0.25, -0.2) is 0 Å². The lowest BCUT2D eigenvalue weighted by atomic mass is 10.2. The number of likely N-dealkylation sites (N-methyl/N-ethyl adjacent to an activating group) is 1. The van der Waals surface area contributed by atoms with Crippen LogP contribution in [0.3, 0.4) is 0 Å². The Hall–Kier alpha value is -2.38. The first kappa shape index (κ1) is 19.4. The predicted octanol–water partition coefficient (Wildman–Crippen LogP) is 2.11. The summed E-state index contributed by atoms with van der Waals surface area (Å²) in [5.41, 5.74) is 1.80. The lowest BCUT2D eigenvalue weighted by Crippen LogP contribution is -2.46. The van der Waals surface area contributed by atoms with Crippen molar-refractivity contribution >= 4 is 29.3 Å². The van der Waals surface area contributed by atoms with Crippen LogP contribution < -0.4 is 4.90 Å². The van der Waals surface area contributed by atoms with Crippen LogP contribution in [0.2, 0.25) is 0 Å². The van der Waals surface area contributed by atoms with Gasteiger partial charge < -0.3 is 14.7 Å². The molecular weight excluding hydrogens is 360 g/mol. The number of nitrogens with zero attached hydrogens (tertiary/aromatic N) is 4. The van der Waals surface area contributed by atoms with Crippen LogP contribution in [0.5, 0.6) is 0 Å². The first-order valence-electron chi connectivity index (χ1n) is 8.88. The van der Waals surface area contributed by atoms with Gasteiger partial charge in [0.15, 0.2) is 0 Å². The number of amides is 2. The highest BCUT2D eigenvalue weighted by Gasteiger charge is 2.28. The molecule has 3 rings (SSSR count). The molecule has 0 atom stereocenters. The molecule has 142 valence electrons. The number of hydrogen-bond donors (Lipinski definition) is 0. The minimum atomic E-state index is -0.0595. The molecule has 2 amide bonds. The van der Waals surface area contributed by atoms with Gasteiger partial charge in [-0.05, 0) is 37.9 Å². The van der Waals surface area contributed by atoms with Crippen LogP contribution in [-0.2, 0) is 16.1 Å². The van der Waals surface area contributed by atoms with Crippen molar-refractivity contribution in [1.82, 2.24) is 14.8 Å². The number of anilines is 1. The summed E-state index contributed by atoms with van der Waals surface area (Å²) in [6.45, 7) is 1.90. The summed E-state index contributed by atoms with van der Waals surface area (Å²) in [6.07, 6.45) is 3.49. The van der Waals surface area contributed by atoms with Crippen molar-refractivity contribution in [3.05, 3.63) is 54.4 Å². The molecule has 6 nitrogen and oxygen atoms in total. The predicted molar refractivity (Wildman–Crippen MR) is 108 cm³/mol. The average Bonchev–Trinajstić information content (AvgIpc) is 2.68. The molecule has 0 saturated carbocycles. The quantitative estimate of drug-likeness (QED) is 0.732. The van der Waals surface area contributed by atoms with E-state index in [0.29, 0.717) is 18.8 Å². The van der Waals surface area contributed by atoms with Crippen LogP contribution in [-0.4, -0.2) is 66.1 Å². The van der Waals surface area contributed by atoms with E-state index in [1.165, 1.54) is 11.8 Å². The van der Waals surface area contributed by atoms with Crippen LogP contribution in [0.4, 0.5) is 5.69 Å². The summed E-state index contributed by atoms with van der Waals surface area (Å²) >= 11 is 1.52. The Kier molecular flexibility index (Phi) is 6.47. The van der Waals surface area contributed by atoms with Crippen LogP contribution in [0, 0.1) is 0 Å². The fourth-order valence-corrected chi connectivity index (χ4v) is 3.82. The highest BCUT2D eigenvalue weighted by atomic mass is 32.2. The highest BCUT2D eigenvalue weighted by Crippen LogP contribution is 2.34. The fourth-order valence-electron chi connectivity index (χ4n) is 2.89. The van der Waals surface area contributed by atoms with Crippen molar-refractivity contribution < 1.29 is 9.59 Å². The molecule has 1 aliphatic rings. The zero-order valence-corrected chi connectivity index (χ0v) is 16.5. The normalized spacial score (nSPS) is 13.6. The molecule has 0 bridgehead atoms. The lowest BCUT2D eigenvalue weighted by Gasteiger charge is -2.31. The summed E-state index contributed by atoms with van der Waals surface area (Å²) in [4.78, 5) is 36.2. The van der Waals surface area contributed by atoms with Gasteiger partial charge in [0, 0.05) is 36.9 Å². The monoisotopic (exact) mass is 384 g/mol. The van der Waals surface area contributed by atoms with E-state index in [0.717, 1.165) is 22.7 Å². The number of benzene rings is 1. The molecule has 0 aliphatic carbocycles. The maximum absolute atomic E-state index is 13.1. The number of thioether (sulfide) groups is 1. The first-order valence-corrected chi connectivity index (χ1v) is 9.87. The molecule has 1 aromatic carbocycles. The van der Waals surface area contributed by atoms with Crippen molar-refractivity contribution in [3.63, 3.8) is 0 Å². The standard InChI is InChI=1S/C20H24N4O2S/c1-22(2)10-11-23(13-16-6-5-9-21-12-16)19(25)14-24-17-7-3-4-8-18(17)27-15-20(24)26/h3-9,12H,10-11,13-15H2,1-2H3. The molecule has 7 heteroatoms. The molecule has 0 saturated heterocycles. The van der Waals surface area contributed by atoms with E-state index >= 15 is 0 Å². The third-order valence-electron chi connectivity index (χ3n) is 4.37. The van der Waals surface area contributed by atoms with Gasteiger partial charge in [0.25, 0.3) is 0 Å². The summed E-state index contributed by atoms with van der Waals surface area (Å²) in [5.74, 6) is 0.279. The van der Waals surface area contributed by atoms with E-state index in [2.05, 4.69) is 4.98 Å². The maximum Gasteiger partial charge on any atom is 0.242 e. The molecule has 2 aromatic rings. The van der Waals surface area contributed by atoms with E-state index < -0.39 is 0 Å². The van der Waals surface area contributed by atoms with Gasteiger partial charge in [-0.15, -0.1) is 11.8 Å². The number of para-hydroxylation sites is 1. The molecule has 1 aliphatic heterocycles. The first-order chi connectivity index (χ1) is 13.0. The zero-order chi connectivity index (χ0) is 19.2. The summed E-state index contributed by atoms with van der Waals surface area (Å²) < 4.78 is 0. The summed E-state index contributed by atoms with van der Waals surface area (Å²) in [7, 11) is 3.96. The molecule has 0 unspecified atom stereocenters. The van der Waals surface area contributed by atoms with E-state index in [-0.39, 0.29) is 18.4 Å². The number of aromatic nitrogens is 1. The largest absolute Gasteiger partial charge is 0.335 e. The summed E-state index contributed by atoms with van der Waals surface area (Å²) in [6, 6.07) is 11.6. The zero-order valence-electron chi connectivity index (χ0n) is 15.7. The number of carbonyl (C=O) groups is 2. The minimum Gasteiger partial charge on any atom is -0.335 e. The van der Waals surface area contributed by atoms with Crippen molar-refractivity contribution in [3.8, 4) is 0 Å². The van der Waals surface area contributed by atoms with Crippen molar-refractivity contribution in [1.29, 1.82) is 0 Å². The lowest BCUT2D eigenvalue weighted by molar-refractivity contribution is -0.131. The van der Waals surface area contributed by atoms with Gasteiger partial charge in [0.1, 0.15) is 6.54 Å². The molecule has 1 aromatic heterocycles. The Balaban J connectivity index is 1.76. The topological polar surface area (TPSA) is 56.8 Å². The Bertz CT molecular complexity index is 798. The van der Waals surface area contributed by atoms with E-state index in [4.69, 9.17) is 0 Å². The second-order valence-corrected chi connectivity index (χ2v) is 7.73. The highest BCUT2D eigenvalue weighted by molar-refractivity contribution is 8.00. The van der Waals surface area contributed by atoms with Gasteiger partial charge in [0.05, 0.1) is 11.4 Å². The average molecular weight is 385 g/mol. The Morgan fingerprint density at radius 2 is 2.00 bits per heavy atom. The number of hydrogen-bond acceptors (Lipinski definition) is 5. The third kappa shape index (κ3) is 5.08. The molecule has 0 fully saturated rings. The van der Waals surface area contributed by atoms with Gasteiger partial charge >= 0.3 is 0 Å². The molecule has 2 heterocycles. The Morgan fingerprint density at radius 3 is 2.74 bits per heavy atom. The van der Waals surface area contributed by atoms with Crippen LogP contribution in [0.25, 0.3) is 0 Å². The van der Waals surface area contributed by atoms with E-state index in [9.17, 15) is 9.59 Å². The van der Waals surface area contributed by atoms with Gasteiger partial charge in [0.2, 0.25) is 11.8 Å². The Labute approximate surface area is 164 Å². The van der Waals surface area contributed by atoms with E-state index in [1.807, 2.05) is 55.4 Å².